The normalized spacial score (nSPS) is 15.8. The van der Waals surface area contributed by atoms with Crippen LogP contribution in [0.1, 0.15) is 36.6 Å². The largest absolute Gasteiger partial charge is 0.387 e. The zero-order chi connectivity index (χ0) is 21.9. The predicted octanol–water partition coefficient (Wildman–Crippen LogP) is 2.64. The monoisotopic (exact) mass is 415 g/mol. The summed E-state index contributed by atoms with van der Waals surface area (Å²) in [5, 5.41) is 13.7. The van der Waals surface area contributed by atoms with Crippen molar-refractivity contribution in [3.05, 3.63) is 47.3 Å². The molecule has 1 unspecified atom stereocenters. The molecule has 1 fully saturated rings. The third-order valence-electron chi connectivity index (χ3n) is 5.31. The van der Waals surface area contributed by atoms with Crippen molar-refractivity contribution in [1.29, 1.82) is 0 Å². The van der Waals surface area contributed by atoms with E-state index in [-0.39, 0.29) is 0 Å². The molecule has 1 aliphatic rings. The fourth-order valence-electron chi connectivity index (χ4n) is 3.64. The van der Waals surface area contributed by atoms with Gasteiger partial charge in [0.05, 0.1) is 6.10 Å². The maximum Gasteiger partial charge on any atom is 0.259 e. The van der Waals surface area contributed by atoms with Crippen LogP contribution in [-0.2, 0) is 4.79 Å². The van der Waals surface area contributed by atoms with Gasteiger partial charge in [0.2, 0.25) is 0 Å². The van der Waals surface area contributed by atoms with Gasteiger partial charge in [-0.25, -0.2) is 14.4 Å². The molecule has 1 atom stereocenters. The maximum atomic E-state index is 13.9. The number of aromatic nitrogens is 2. The maximum absolute atomic E-state index is 13.9. The van der Waals surface area contributed by atoms with E-state index in [9.17, 15) is 14.3 Å². The third-order valence-corrected chi connectivity index (χ3v) is 5.31. The van der Waals surface area contributed by atoms with E-state index in [1.165, 1.54) is 20.2 Å². The second kappa shape index (κ2) is 8.95. The molecule has 3 rings (SSSR count). The average Bonchev–Trinajstić information content (AvgIpc) is 2.71. The van der Waals surface area contributed by atoms with Crippen LogP contribution >= 0.6 is 0 Å². The van der Waals surface area contributed by atoms with Crippen molar-refractivity contribution >= 4 is 17.5 Å². The first-order valence-corrected chi connectivity index (χ1v) is 10.2. The van der Waals surface area contributed by atoms with Gasteiger partial charge in [-0.05, 0) is 38.8 Å². The first kappa shape index (κ1) is 22.0. The number of hydrogen-bond donors (Lipinski definition) is 2. The van der Waals surface area contributed by atoms with Gasteiger partial charge in [-0.2, -0.15) is 0 Å². The number of amides is 1. The number of halogens is 1. The van der Waals surface area contributed by atoms with Crippen LogP contribution in [0.5, 0.6) is 0 Å². The Labute approximate surface area is 176 Å². The van der Waals surface area contributed by atoms with Gasteiger partial charge in [-0.1, -0.05) is 23.8 Å². The van der Waals surface area contributed by atoms with Crippen molar-refractivity contribution in [2.75, 3.05) is 42.9 Å². The Bertz CT molecular complexity index is 891. The van der Waals surface area contributed by atoms with Crippen LogP contribution in [0.25, 0.3) is 0 Å². The number of aryl methyl sites for hydroxylation is 2. The molecule has 0 saturated carbocycles. The Morgan fingerprint density at radius 2 is 1.90 bits per heavy atom. The summed E-state index contributed by atoms with van der Waals surface area (Å²) in [4.78, 5) is 24.3. The lowest BCUT2D eigenvalue weighted by atomic mass is 10.0. The highest BCUT2D eigenvalue weighted by Gasteiger charge is 2.33. The Morgan fingerprint density at radius 3 is 2.53 bits per heavy atom. The second-order valence-electron chi connectivity index (χ2n) is 8.27. The Kier molecular flexibility index (Phi) is 6.55. The Balaban J connectivity index is 1.58. The molecule has 2 aromatic rings. The molecule has 162 valence electrons. The first-order valence-electron chi connectivity index (χ1n) is 10.2. The zero-order valence-electron chi connectivity index (χ0n) is 18.0. The molecular formula is C22H30FN5O2. The zero-order valence-corrected chi connectivity index (χ0v) is 18.0. The van der Waals surface area contributed by atoms with Crippen LogP contribution in [0.2, 0.25) is 0 Å². The highest BCUT2D eigenvalue weighted by Crippen LogP contribution is 2.22. The molecule has 0 spiro atoms. The van der Waals surface area contributed by atoms with Gasteiger partial charge in [-0.15, -0.1) is 0 Å². The molecule has 1 amide bonds. The standard InChI is InChI=1S/C22H30FN5O2/c1-15-5-6-17(16(2)11-15)18(29)13-24-19-12-20(26-14-25-19)27-7-9-28(10-8-27)21(30)22(3,4)23/h5-6,11-12,14,18,29H,7-10,13H2,1-4H3,(H,24,25,26). The minimum atomic E-state index is -1.86. The molecule has 0 radical (unpaired) electrons. The summed E-state index contributed by atoms with van der Waals surface area (Å²) in [6.45, 7) is 8.96. The molecular weight excluding hydrogens is 385 g/mol. The number of anilines is 2. The number of alkyl halides is 1. The average molecular weight is 416 g/mol. The molecule has 1 aromatic carbocycles. The predicted molar refractivity (Wildman–Crippen MR) is 115 cm³/mol. The number of carbonyl (C=O) groups excluding carboxylic acids is 1. The Morgan fingerprint density at radius 1 is 1.20 bits per heavy atom. The van der Waals surface area contributed by atoms with E-state index in [4.69, 9.17) is 0 Å². The molecule has 1 saturated heterocycles. The molecule has 0 bridgehead atoms. The van der Waals surface area contributed by atoms with Crippen LogP contribution in [0.3, 0.4) is 0 Å². The summed E-state index contributed by atoms with van der Waals surface area (Å²) in [5.41, 5.74) is 1.24. The van der Waals surface area contributed by atoms with Crippen molar-refractivity contribution in [2.24, 2.45) is 0 Å². The van der Waals surface area contributed by atoms with Gasteiger partial charge >= 0.3 is 0 Å². The summed E-state index contributed by atoms with van der Waals surface area (Å²) in [6, 6.07) is 7.81. The van der Waals surface area contributed by atoms with E-state index >= 15 is 0 Å². The number of benzene rings is 1. The van der Waals surface area contributed by atoms with Gasteiger partial charge in [0.1, 0.15) is 18.0 Å². The van der Waals surface area contributed by atoms with E-state index in [2.05, 4.69) is 21.4 Å². The number of piperazine rings is 1. The Hall–Kier alpha value is -2.74. The summed E-state index contributed by atoms with van der Waals surface area (Å²) < 4.78 is 13.9. The van der Waals surface area contributed by atoms with E-state index in [0.717, 1.165) is 22.5 Å². The molecule has 30 heavy (non-hydrogen) atoms. The molecule has 2 N–H and O–H groups in total. The topological polar surface area (TPSA) is 81.6 Å². The van der Waals surface area contributed by atoms with Crippen LogP contribution < -0.4 is 10.2 Å². The number of hydrogen-bond acceptors (Lipinski definition) is 6. The number of rotatable bonds is 6. The van der Waals surface area contributed by atoms with Gasteiger partial charge in [0, 0.05) is 38.8 Å². The van der Waals surface area contributed by atoms with E-state index in [1.54, 1.807) is 4.90 Å². The van der Waals surface area contributed by atoms with Gasteiger partial charge in [0.15, 0.2) is 5.67 Å². The summed E-state index contributed by atoms with van der Waals surface area (Å²) in [7, 11) is 0. The van der Waals surface area contributed by atoms with Gasteiger partial charge in [-0.3, -0.25) is 4.79 Å². The van der Waals surface area contributed by atoms with E-state index in [1.807, 2.05) is 36.9 Å². The number of aliphatic hydroxyl groups is 1. The van der Waals surface area contributed by atoms with Crippen LogP contribution in [-0.4, -0.2) is 64.3 Å². The number of nitrogens with zero attached hydrogens (tertiary/aromatic N) is 4. The minimum absolute atomic E-state index is 0.328. The summed E-state index contributed by atoms with van der Waals surface area (Å²) in [5.74, 6) is 0.875. The number of carbonyl (C=O) groups is 1. The fraction of sp³-hybridized carbons (Fsp3) is 0.500. The quantitative estimate of drug-likeness (QED) is 0.755. The van der Waals surface area contributed by atoms with Crippen LogP contribution in [0.4, 0.5) is 16.0 Å². The highest BCUT2D eigenvalue weighted by atomic mass is 19.1. The van der Waals surface area contributed by atoms with Crippen molar-refractivity contribution in [3.8, 4) is 0 Å². The van der Waals surface area contributed by atoms with E-state index < -0.39 is 17.7 Å². The smallest absolute Gasteiger partial charge is 0.259 e. The molecule has 1 aromatic heterocycles. The van der Waals surface area contributed by atoms with Crippen LogP contribution in [0.15, 0.2) is 30.6 Å². The summed E-state index contributed by atoms with van der Waals surface area (Å²) in [6.07, 6.45) is 0.825. The highest BCUT2D eigenvalue weighted by molar-refractivity contribution is 5.84. The molecule has 8 heteroatoms. The fourth-order valence-corrected chi connectivity index (χ4v) is 3.64. The second-order valence-corrected chi connectivity index (χ2v) is 8.27. The van der Waals surface area contributed by atoms with Gasteiger partial charge in [0.25, 0.3) is 5.91 Å². The van der Waals surface area contributed by atoms with Crippen molar-refractivity contribution in [2.45, 2.75) is 39.5 Å². The summed E-state index contributed by atoms with van der Waals surface area (Å²) >= 11 is 0. The van der Waals surface area contributed by atoms with Crippen molar-refractivity contribution in [3.63, 3.8) is 0 Å². The minimum Gasteiger partial charge on any atom is -0.387 e. The number of aliphatic hydroxyl groups excluding tert-OH is 1. The lowest BCUT2D eigenvalue weighted by Gasteiger charge is -2.37. The molecule has 0 aliphatic carbocycles. The lowest BCUT2D eigenvalue weighted by molar-refractivity contribution is -0.142. The third kappa shape index (κ3) is 5.24. The van der Waals surface area contributed by atoms with Gasteiger partial charge < -0.3 is 20.2 Å². The van der Waals surface area contributed by atoms with E-state index in [0.29, 0.717) is 38.5 Å². The van der Waals surface area contributed by atoms with Crippen LogP contribution in [0, 0.1) is 13.8 Å². The number of nitrogens with one attached hydrogen (secondary N) is 1. The molecule has 7 nitrogen and oxygen atoms in total. The van der Waals surface area contributed by atoms with Crippen molar-refractivity contribution in [1.82, 2.24) is 14.9 Å². The molecule has 2 heterocycles. The first-order chi connectivity index (χ1) is 14.1. The molecule has 1 aliphatic heterocycles. The van der Waals surface area contributed by atoms with Crippen molar-refractivity contribution < 1.29 is 14.3 Å². The SMILES string of the molecule is Cc1ccc(C(O)CNc2cc(N3CCN(C(=O)C(C)(C)F)CC3)ncn2)c(C)c1. The lowest BCUT2D eigenvalue weighted by Crippen LogP contribution is -2.53.